The van der Waals surface area contributed by atoms with Gasteiger partial charge in [-0.3, -0.25) is 0 Å². The maximum Gasteiger partial charge on any atom is 0.362 e. The van der Waals surface area contributed by atoms with Crippen molar-refractivity contribution in [2.24, 2.45) is 0 Å². The highest BCUT2D eigenvalue weighted by Gasteiger charge is 2.26. The number of hydrogen-bond donors (Lipinski definition) is 2. The minimum atomic E-state index is -1.17. The number of carbonyl (C=O) groups is 1. The highest BCUT2D eigenvalue weighted by atomic mass is 16.6. The molecule has 1 fully saturated rings. The largest absolute Gasteiger partial charge is 0.476 e. The number of nitrogens with zero attached hydrogens (tertiary/aromatic N) is 3. The molecule has 2 N–H and O–H groups in total. The molecule has 1 aliphatic rings. The smallest absolute Gasteiger partial charge is 0.362 e. The SMILES string of the molecule is O=C(O)c1nonc1N1CCCC(O)C1. The summed E-state index contributed by atoms with van der Waals surface area (Å²) in [5, 5.41) is 25.1. The zero-order chi connectivity index (χ0) is 10.8. The molecule has 1 aromatic rings. The van der Waals surface area contributed by atoms with E-state index in [4.69, 9.17) is 5.11 Å². The Hall–Kier alpha value is -1.63. The van der Waals surface area contributed by atoms with E-state index in [1.165, 1.54) is 0 Å². The Kier molecular flexibility index (Phi) is 2.55. The maximum atomic E-state index is 10.8. The lowest BCUT2D eigenvalue weighted by atomic mass is 10.1. The zero-order valence-corrected chi connectivity index (χ0v) is 7.96. The average molecular weight is 213 g/mol. The molecule has 0 amide bonds. The molecule has 0 radical (unpaired) electrons. The third-order valence-electron chi connectivity index (χ3n) is 2.37. The van der Waals surface area contributed by atoms with E-state index in [0.29, 0.717) is 13.1 Å². The van der Waals surface area contributed by atoms with E-state index < -0.39 is 12.1 Å². The molecule has 2 heterocycles. The number of anilines is 1. The molecule has 1 aliphatic heterocycles. The van der Waals surface area contributed by atoms with Crippen molar-refractivity contribution in [1.82, 2.24) is 10.3 Å². The van der Waals surface area contributed by atoms with Crippen LogP contribution in [0.3, 0.4) is 0 Å². The molecular weight excluding hydrogens is 202 g/mol. The van der Waals surface area contributed by atoms with Crippen LogP contribution < -0.4 is 4.90 Å². The summed E-state index contributed by atoms with van der Waals surface area (Å²) in [6.07, 6.45) is 1.08. The van der Waals surface area contributed by atoms with Gasteiger partial charge in [0.2, 0.25) is 11.5 Å². The van der Waals surface area contributed by atoms with Crippen LogP contribution in [0.5, 0.6) is 0 Å². The van der Waals surface area contributed by atoms with Crippen LogP contribution in [0.1, 0.15) is 23.3 Å². The Morgan fingerprint density at radius 1 is 1.53 bits per heavy atom. The number of aliphatic hydroxyl groups is 1. The van der Waals surface area contributed by atoms with Crippen LogP contribution in [0.25, 0.3) is 0 Å². The van der Waals surface area contributed by atoms with Gasteiger partial charge in [-0.25, -0.2) is 9.42 Å². The summed E-state index contributed by atoms with van der Waals surface area (Å²) in [7, 11) is 0. The Morgan fingerprint density at radius 3 is 3.00 bits per heavy atom. The molecule has 0 bridgehead atoms. The van der Waals surface area contributed by atoms with Crippen molar-refractivity contribution in [3.8, 4) is 0 Å². The lowest BCUT2D eigenvalue weighted by Crippen LogP contribution is -2.39. The molecule has 15 heavy (non-hydrogen) atoms. The van der Waals surface area contributed by atoms with E-state index in [-0.39, 0.29) is 11.5 Å². The number of β-amino-alcohol motifs (C(OH)–C–C–N with tert-alkyl or cyclic N) is 1. The third kappa shape index (κ3) is 1.91. The van der Waals surface area contributed by atoms with Crippen LogP contribution in [0, 0.1) is 0 Å². The van der Waals surface area contributed by atoms with Gasteiger partial charge in [-0.15, -0.1) is 0 Å². The van der Waals surface area contributed by atoms with Crippen LogP contribution in [0.4, 0.5) is 5.82 Å². The summed E-state index contributed by atoms with van der Waals surface area (Å²) in [5.74, 6) is -0.979. The van der Waals surface area contributed by atoms with E-state index in [1.807, 2.05) is 0 Å². The van der Waals surface area contributed by atoms with Gasteiger partial charge in [0.05, 0.1) is 6.10 Å². The van der Waals surface area contributed by atoms with Crippen LogP contribution in [0.15, 0.2) is 4.63 Å². The number of carboxylic acid groups (broad SMARTS) is 1. The van der Waals surface area contributed by atoms with Gasteiger partial charge < -0.3 is 15.1 Å². The van der Waals surface area contributed by atoms with Gasteiger partial charge in [-0.2, -0.15) is 0 Å². The normalized spacial score (nSPS) is 21.7. The lowest BCUT2D eigenvalue weighted by Gasteiger charge is -2.29. The Bertz CT molecular complexity index is 365. The highest BCUT2D eigenvalue weighted by Crippen LogP contribution is 2.20. The molecule has 1 atom stereocenters. The fourth-order valence-corrected chi connectivity index (χ4v) is 1.67. The number of rotatable bonds is 2. The molecule has 7 nitrogen and oxygen atoms in total. The molecule has 0 aromatic carbocycles. The van der Waals surface area contributed by atoms with Crippen molar-refractivity contribution in [1.29, 1.82) is 0 Å². The summed E-state index contributed by atoms with van der Waals surface area (Å²) in [5.41, 5.74) is -0.205. The summed E-state index contributed by atoms with van der Waals surface area (Å²) in [6.45, 7) is 1.03. The van der Waals surface area contributed by atoms with Gasteiger partial charge in [0.15, 0.2) is 0 Å². The third-order valence-corrected chi connectivity index (χ3v) is 2.37. The van der Waals surface area contributed by atoms with Gasteiger partial charge in [-0.1, -0.05) is 0 Å². The van der Waals surface area contributed by atoms with E-state index in [0.717, 1.165) is 12.8 Å². The van der Waals surface area contributed by atoms with Crippen molar-refractivity contribution >= 4 is 11.8 Å². The maximum absolute atomic E-state index is 10.8. The summed E-state index contributed by atoms with van der Waals surface area (Å²) >= 11 is 0. The molecular formula is C8H11N3O4. The minimum absolute atomic E-state index is 0.196. The zero-order valence-electron chi connectivity index (χ0n) is 7.96. The minimum Gasteiger partial charge on any atom is -0.476 e. The van der Waals surface area contributed by atoms with Crippen LogP contribution in [0.2, 0.25) is 0 Å². The van der Waals surface area contributed by atoms with Crippen molar-refractivity contribution in [2.45, 2.75) is 18.9 Å². The van der Waals surface area contributed by atoms with Gasteiger partial charge in [0.25, 0.3) is 0 Å². The second-order valence-corrected chi connectivity index (χ2v) is 3.48. The molecule has 1 unspecified atom stereocenters. The highest BCUT2D eigenvalue weighted by molar-refractivity contribution is 5.90. The van der Waals surface area contributed by atoms with Gasteiger partial charge in [0, 0.05) is 13.1 Å². The first-order chi connectivity index (χ1) is 7.18. The molecule has 1 saturated heterocycles. The molecule has 82 valence electrons. The van der Waals surface area contributed by atoms with Gasteiger partial charge in [0.1, 0.15) is 0 Å². The van der Waals surface area contributed by atoms with E-state index in [2.05, 4.69) is 14.9 Å². The number of carboxylic acids is 1. The monoisotopic (exact) mass is 213 g/mol. The fourth-order valence-electron chi connectivity index (χ4n) is 1.67. The molecule has 0 aliphatic carbocycles. The summed E-state index contributed by atoms with van der Waals surface area (Å²) < 4.78 is 4.39. The first-order valence-electron chi connectivity index (χ1n) is 4.67. The van der Waals surface area contributed by atoms with Crippen LogP contribution in [-0.2, 0) is 0 Å². The molecule has 7 heteroatoms. The molecule has 0 spiro atoms. The second kappa shape index (κ2) is 3.85. The van der Waals surface area contributed by atoms with Gasteiger partial charge in [-0.05, 0) is 23.2 Å². The van der Waals surface area contributed by atoms with Crippen molar-refractivity contribution < 1.29 is 19.6 Å². The quantitative estimate of drug-likeness (QED) is 0.697. The van der Waals surface area contributed by atoms with Crippen molar-refractivity contribution in [3.05, 3.63) is 5.69 Å². The summed E-state index contributed by atoms with van der Waals surface area (Å²) in [6, 6.07) is 0. The summed E-state index contributed by atoms with van der Waals surface area (Å²) in [4.78, 5) is 12.4. The number of hydrogen-bond acceptors (Lipinski definition) is 6. The number of aliphatic hydroxyl groups excluding tert-OH is 1. The van der Waals surface area contributed by atoms with E-state index >= 15 is 0 Å². The van der Waals surface area contributed by atoms with Crippen LogP contribution >= 0.6 is 0 Å². The number of aromatic carboxylic acids is 1. The average Bonchev–Trinajstić information content (AvgIpc) is 2.65. The second-order valence-electron chi connectivity index (χ2n) is 3.48. The predicted molar refractivity (Wildman–Crippen MR) is 48.7 cm³/mol. The molecule has 0 saturated carbocycles. The molecule has 1 aromatic heterocycles. The Labute approximate surface area is 85.3 Å². The Morgan fingerprint density at radius 2 is 2.33 bits per heavy atom. The van der Waals surface area contributed by atoms with Crippen LogP contribution in [-0.4, -0.2) is 45.7 Å². The Balaban J connectivity index is 2.21. The predicted octanol–water partition coefficient (Wildman–Crippen LogP) is -0.271. The molecule has 2 rings (SSSR count). The first-order valence-corrected chi connectivity index (χ1v) is 4.67. The first kappa shape index (κ1) is 9.91. The number of piperidine rings is 1. The number of aromatic nitrogens is 2. The fraction of sp³-hybridized carbons (Fsp3) is 0.625. The standard InChI is InChI=1S/C8H11N3O4/c12-5-2-1-3-11(4-5)7-6(8(13)14)9-15-10-7/h5,12H,1-4H2,(H,13,14). The van der Waals surface area contributed by atoms with Crippen molar-refractivity contribution in [3.63, 3.8) is 0 Å². The van der Waals surface area contributed by atoms with E-state index in [9.17, 15) is 9.90 Å². The van der Waals surface area contributed by atoms with Gasteiger partial charge >= 0.3 is 5.97 Å². The van der Waals surface area contributed by atoms with E-state index in [1.54, 1.807) is 4.90 Å². The lowest BCUT2D eigenvalue weighted by molar-refractivity contribution is 0.0685. The van der Waals surface area contributed by atoms with Crippen molar-refractivity contribution in [2.75, 3.05) is 18.0 Å². The topological polar surface area (TPSA) is 99.7 Å².